The Hall–Kier alpha value is -1.92. The van der Waals surface area contributed by atoms with E-state index in [4.69, 9.17) is 22.4 Å². The molecule has 0 unspecified atom stereocenters. The Bertz CT molecular complexity index is 622. The summed E-state index contributed by atoms with van der Waals surface area (Å²) >= 11 is 5.89. The lowest BCUT2D eigenvalue weighted by molar-refractivity contribution is 0.0932. The maximum Gasteiger partial charge on any atom is 0.288 e. The van der Waals surface area contributed by atoms with Crippen molar-refractivity contribution < 1.29 is 9.21 Å². The predicted octanol–water partition coefficient (Wildman–Crippen LogP) is 2.76. The van der Waals surface area contributed by atoms with Crippen LogP contribution in [-0.2, 0) is 0 Å². The molecule has 0 aliphatic carbocycles. The number of fused-ring (bicyclic) bond motifs is 1. The Morgan fingerprint density at radius 2 is 2.35 bits per heavy atom. The summed E-state index contributed by atoms with van der Waals surface area (Å²) in [5, 5.41) is 4.01. The van der Waals surface area contributed by atoms with E-state index in [1.54, 1.807) is 18.2 Å². The third-order valence-corrected chi connectivity index (χ3v) is 2.69. The number of hydrogen-bond donors (Lipinski definition) is 1. The third kappa shape index (κ3) is 2.13. The summed E-state index contributed by atoms with van der Waals surface area (Å²) in [6.07, 6.45) is 5.08. The fourth-order valence-corrected chi connectivity index (χ4v) is 1.79. The highest BCUT2D eigenvalue weighted by Gasteiger charge is 2.16. The summed E-state index contributed by atoms with van der Waals surface area (Å²) in [5.41, 5.74) is 1.40. The van der Waals surface area contributed by atoms with Gasteiger partial charge in [0.25, 0.3) is 5.91 Å². The first kappa shape index (κ1) is 11.6. The second kappa shape index (κ2) is 4.52. The van der Waals surface area contributed by atoms with E-state index in [1.165, 1.54) is 0 Å². The lowest BCUT2D eigenvalue weighted by Gasteiger charge is -1.97. The first-order valence-electron chi connectivity index (χ1n) is 5.04. The van der Waals surface area contributed by atoms with Crippen molar-refractivity contribution in [1.29, 1.82) is 0 Å². The van der Waals surface area contributed by atoms with Crippen molar-refractivity contribution in [2.45, 2.75) is 6.92 Å². The van der Waals surface area contributed by atoms with Crippen LogP contribution in [0.5, 0.6) is 0 Å². The van der Waals surface area contributed by atoms with Gasteiger partial charge in [0, 0.05) is 16.0 Å². The summed E-state index contributed by atoms with van der Waals surface area (Å²) in [6, 6.07) is 5.23. The molecule has 1 N–H and O–H groups in total. The zero-order valence-electron chi connectivity index (χ0n) is 9.21. The van der Waals surface area contributed by atoms with Crippen molar-refractivity contribution in [1.82, 2.24) is 5.32 Å². The summed E-state index contributed by atoms with van der Waals surface area (Å²) in [4.78, 5) is 11.7. The van der Waals surface area contributed by atoms with Crippen LogP contribution in [0.1, 0.15) is 16.1 Å². The highest BCUT2D eigenvalue weighted by atomic mass is 35.5. The molecular formula is C13H10ClNO2. The number of furan rings is 1. The molecule has 0 saturated heterocycles. The van der Waals surface area contributed by atoms with Crippen LogP contribution in [0.25, 0.3) is 11.0 Å². The van der Waals surface area contributed by atoms with Crippen LogP contribution in [-0.4, -0.2) is 12.5 Å². The molecule has 3 nitrogen and oxygen atoms in total. The van der Waals surface area contributed by atoms with E-state index in [9.17, 15) is 4.79 Å². The van der Waals surface area contributed by atoms with Crippen LogP contribution >= 0.6 is 11.6 Å². The summed E-state index contributed by atoms with van der Waals surface area (Å²) in [7, 11) is 0. The van der Waals surface area contributed by atoms with Gasteiger partial charge in [-0.2, -0.15) is 0 Å². The predicted molar refractivity (Wildman–Crippen MR) is 67.1 cm³/mol. The fraction of sp³-hybridized carbons (Fsp3) is 0.154. The second-order valence-corrected chi connectivity index (χ2v) is 4.02. The molecule has 17 heavy (non-hydrogen) atoms. The lowest BCUT2D eigenvalue weighted by Crippen LogP contribution is -2.23. The molecule has 1 amide bonds. The monoisotopic (exact) mass is 247 g/mol. The molecule has 1 heterocycles. The molecule has 0 radical (unpaired) electrons. The number of halogens is 1. The third-order valence-electron chi connectivity index (χ3n) is 2.46. The zero-order chi connectivity index (χ0) is 12.4. The van der Waals surface area contributed by atoms with Gasteiger partial charge in [-0.1, -0.05) is 17.5 Å². The zero-order valence-corrected chi connectivity index (χ0v) is 9.97. The summed E-state index contributed by atoms with van der Waals surface area (Å²) < 4.78 is 5.47. The van der Waals surface area contributed by atoms with Crippen LogP contribution in [0, 0.1) is 19.3 Å². The average molecular weight is 248 g/mol. The van der Waals surface area contributed by atoms with E-state index in [-0.39, 0.29) is 18.2 Å². The van der Waals surface area contributed by atoms with Crippen LogP contribution in [0.15, 0.2) is 22.6 Å². The average Bonchev–Trinajstić information content (AvgIpc) is 2.64. The molecule has 0 bridgehead atoms. The van der Waals surface area contributed by atoms with E-state index in [1.807, 2.05) is 6.92 Å². The highest BCUT2D eigenvalue weighted by Crippen LogP contribution is 2.27. The van der Waals surface area contributed by atoms with Gasteiger partial charge in [-0.3, -0.25) is 4.79 Å². The molecule has 0 aliphatic rings. The number of benzene rings is 1. The van der Waals surface area contributed by atoms with Gasteiger partial charge in [0.1, 0.15) is 5.58 Å². The van der Waals surface area contributed by atoms with Crippen LogP contribution in [0.3, 0.4) is 0 Å². The van der Waals surface area contributed by atoms with Crippen molar-refractivity contribution in [3.63, 3.8) is 0 Å². The normalized spacial score (nSPS) is 10.2. The van der Waals surface area contributed by atoms with Gasteiger partial charge < -0.3 is 9.73 Å². The Morgan fingerprint density at radius 3 is 3.06 bits per heavy atom. The Kier molecular flexibility index (Phi) is 3.08. The molecule has 1 aromatic heterocycles. The summed E-state index contributed by atoms with van der Waals surface area (Å²) in [5.74, 6) is 2.30. The van der Waals surface area contributed by atoms with Gasteiger partial charge in [0.2, 0.25) is 0 Å². The number of terminal acetylenes is 1. The van der Waals surface area contributed by atoms with Gasteiger partial charge in [0.15, 0.2) is 5.76 Å². The van der Waals surface area contributed by atoms with Crippen molar-refractivity contribution in [2.24, 2.45) is 0 Å². The molecule has 4 heteroatoms. The van der Waals surface area contributed by atoms with Crippen LogP contribution in [0.2, 0.25) is 5.02 Å². The molecule has 0 atom stereocenters. The molecule has 2 aromatic rings. The first-order chi connectivity index (χ1) is 8.13. The number of nitrogens with one attached hydrogen (secondary N) is 1. The van der Waals surface area contributed by atoms with Crippen LogP contribution in [0.4, 0.5) is 0 Å². The largest absolute Gasteiger partial charge is 0.451 e. The quantitative estimate of drug-likeness (QED) is 0.830. The van der Waals surface area contributed by atoms with Gasteiger partial charge in [-0.25, -0.2) is 0 Å². The van der Waals surface area contributed by atoms with Crippen molar-refractivity contribution >= 4 is 28.5 Å². The number of carbonyl (C=O) groups is 1. The minimum Gasteiger partial charge on any atom is -0.451 e. The molecule has 0 saturated carbocycles. The molecule has 0 aliphatic heterocycles. The van der Waals surface area contributed by atoms with E-state index in [2.05, 4.69) is 11.2 Å². The molecule has 0 fully saturated rings. The van der Waals surface area contributed by atoms with E-state index in [0.717, 1.165) is 10.9 Å². The molecular weight excluding hydrogens is 238 g/mol. The number of aryl methyl sites for hydroxylation is 1. The Morgan fingerprint density at radius 1 is 1.59 bits per heavy atom. The lowest BCUT2D eigenvalue weighted by atomic mass is 10.1. The number of hydrogen-bond acceptors (Lipinski definition) is 2. The van der Waals surface area contributed by atoms with Gasteiger partial charge in [-0.05, 0) is 25.1 Å². The van der Waals surface area contributed by atoms with Crippen LogP contribution < -0.4 is 5.32 Å². The topological polar surface area (TPSA) is 42.2 Å². The van der Waals surface area contributed by atoms with Gasteiger partial charge in [0.05, 0.1) is 6.54 Å². The number of rotatable bonds is 2. The highest BCUT2D eigenvalue weighted by molar-refractivity contribution is 6.31. The van der Waals surface area contributed by atoms with Gasteiger partial charge >= 0.3 is 0 Å². The van der Waals surface area contributed by atoms with Gasteiger partial charge in [-0.15, -0.1) is 6.42 Å². The minimum atomic E-state index is -0.312. The Labute approximate surface area is 104 Å². The minimum absolute atomic E-state index is 0.177. The maximum absolute atomic E-state index is 11.7. The SMILES string of the molecule is C#CCNC(=O)c1oc2ccc(Cl)cc2c1C. The first-order valence-corrected chi connectivity index (χ1v) is 5.41. The maximum atomic E-state index is 11.7. The second-order valence-electron chi connectivity index (χ2n) is 3.58. The smallest absolute Gasteiger partial charge is 0.288 e. The summed E-state index contributed by atoms with van der Waals surface area (Å²) in [6.45, 7) is 1.99. The van der Waals surface area contributed by atoms with E-state index >= 15 is 0 Å². The standard InChI is InChI=1S/C13H10ClNO2/c1-3-6-15-13(16)12-8(2)10-7-9(14)4-5-11(10)17-12/h1,4-5,7H,6H2,2H3,(H,15,16). The van der Waals surface area contributed by atoms with Crippen molar-refractivity contribution in [3.05, 3.63) is 34.5 Å². The van der Waals surface area contributed by atoms with E-state index < -0.39 is 0 Å². The number of amides is 1. The molecule has 86 valence electrons. The molecule has 2 rings (SSSR count). The Balaban J connectivity index is 2.46. The van der Waals surface area contributed by atoms with Crippen molar-refractivity contribution in [2.75, 3.05) is 6.54 Å². The van der Waals surface area contributed by atoms with Crippen molar-refractivity contribution in [3.8, 4) is 12.3 Å². The van der Waals surface area contributed by atoms with E-state index in [0.29, 0.717) is 10.6 Å². The fourth-order valence-electron chi connectivity index (χ4n) is 1.62. The number of carbonyl (C=O) groups excluding carboxylic acids is 1. The molecule has 0 spiro atoms. The molecule has 1 aromatic carbocycles.